The number of rotatable bonds is 3. The monoisotopic (exact) mass is 312 g/mol. The topological polar surface area (TPSA) is 33.2 Å². The van der Waals surface area contributed by atoms with Crippen LogP contribution in [0.5, 0.6) is 0 Å². The highest BCUT2D eigenvalue weighted by atomic mass is 32.2. The smallest absolute Gasteiger partial charge is 0.256 e. The molecule has 3 nitrogen and oxygen atoms in total. The highest BCUT2D eigenvalue weighted by Gasteiger charge is 2.22. The van der Waals surface area contributed by atoms with Crippen molar-refractivity contribution in [2.45, 2.75) is 36.6 Å². The summed E-state index contributed by atoms with van der Waals surface area (Å²) >= 11 is 1.58. The average Bonchev–Trinajstić information content (AvgIpc) is 3.05. The summed E-state index contributed by atoms with van der Waals surface area (Å²) in [5.41, 5.74) is 3.15. The van der Waals surface area contributed by atoms with Crippen molar-refractivity contribution in [1.29, 1.82) is 0 Å². The van der Waals surface area contributed by atoms with Gasteiger partial charge in [-0.3, -0.25) is 4.79 Å². The Morgan fingerprint density at radius 3 is 2.73 bits per heavy atom. The molecule has 0 unspecified atom stereocenters. The molecular formula is C18H20N2OS. The number of benzene rings is 1. The second-order valence-corrected chi connectivity index (χ2v) is 6.76. The van der Waals surface area contributed by atoms with E-state index in [-0.39, 0.29) is 5.91 Å². The van der Waals surface area contributed by atoms with Crippen molar-refractivity contribution in [1.82, 2.24) is 9.88 Å². The Kier molecular flexibility index (Phi) is 4.48. The first-order valence-electron chi connectivity index (χ1n) is 7.64. The van der Waals surface area contributed by atoms with Crippen LogP contribution in [0.3, 0.4) is 0 Å². The number of aromatic nitrogens is 1. The molecule has 4 heteroatoms. The van der Waals surface area contributed by atoms with Crippen molar-refractivity contribution in [2.24, 2.45) is 0 Å². The van der Waals surface area contributed by atoms with Gasteiger partial charge in [0.2, 0.25) is 0 Å². The lowest BCUT2D eigenvalue weighted by molar-refractivity contribution is 0.0788. The van der Waals surface area contributed by atoms with Crippen molar-refractivity contribution >= 4 is 17.7 Å². The second-order valence-electron chi connectivity index (χ2n) is 5.73. The minimum atomic E-state index is 0.110. The molecule has 0 bridgehead atoms. The van der Waals surface area contributed by atoms with Gasteiger partial charge in [0.05, 0.1) is 5.56 Å². The summed E-state index contributed by atoms with van der Waals surface area (Å²) in [4.78, 5) is 20.2. The molecule has 2 aromatic rings. The van der Waals surface area contributed by atoms with Crippen LogP contribution >= 0.6 is 11.8 Å². The highest BCUT2D eigenvalue weighted by molar-refractivity contribution is 7.99. The molecule has 0 radical (unpaired) electrons. The number of hydrogen-bond donors (Lipinski definition) is 0. The third-order valence-corrected chi connectivity index (χ3v) is 5.12. The molecule has 1 aromatic heterocycles. The Morgan fingerprint density at radius 1 is 1.18 bits per heavy atom. The quantitative estimate of drug-likeness (QED) is 0.856. The summed E-state index contributed by atoms with van der Waals surface area (Å²) in [5, 5.41) is 0.799. The zero-order valence-corrected chi connectivity index (χ0v) is 13.8. The Bertz CT molecular complexity index is 693. The molecule has 1 fully saturated rings. The molecule has 0 atom stereocenters. The van der Waals surface area contributed by atoms with Gasteiger partial charge in [-0.05, 0) is 56.0 Å². The van der Waals surface area contributed by atoms with Gasteiger partial charge in [-0.2, -0.15) is 0 Å². The van der Waals surface area contributed by atoms with E-state index in [1.807, 2.05) is 17.0 Å². The van der Waals surface area contributed by atoms with Gasteiger partial charge >= 0.3 is 0 Å². The predicted octanol–water partition coefficient (Wildman–Crippen LogP) is 4.09. The maximum atomic E-state index is 12.7. The van der Waals surface area contributed by atoms with Crippen LogP contribution in [0, 0.1) is 13.8 Å². The summed E-state index contributed by atoms with van der Waals surface area (Å²) in [7, 11) is 0. The van der Waals surface area contributed by atoms with Crippen LogP contribution in [-0.2, 0) is 0 Å². The third-order valence-electron chi connectivity index (χ3n) is 3.95. The van der Waals surface area contributed by atoms with Crippen LogP contribution in [0.4, 0.5) is 0 Å². The Balaban J connectivity index is 1.91. The largest absolute Gasteiger partial charge is 0.339 e. The van der Waals surface area contributed by atoms with Crippen LogP contribution < -0.4 is 0 Å². The minimum absolute atomic E-state index is 0.110. The molecule has 1 aliphatic rings. The molecule has 1 amide bonds. The maximum absolute atomic E-state index is 12.7. The standard InChI is InChI=1S/C18H20N2OS/c1-13-7-8-14(2)16(12-13)22-17-15(6-5-9-19-17)18(21)20-10-3-4-11-20/h5-9,12H,3-4,10-11H2,1-2H3. The van der Waals surface area contributed by atoms with Crippen molar-refractivity contribution in [3.05, 3.63) is 53.2 Å². The lowest BCUT2D eigenvalue weighted by Crippen LogP contribution is -2.28. The van der Waals surface area contributed by atoms with Crippen LogP contribution in [-0.4, -0.2) is 28.9 Å². The summed E-state index contributed by atoms with van der Waals surface area (Å²) in [5.74, 6) is 0.110. The molecule has 0 N–H and O–H groups in total. The highest BCUT2D eigenvalue weighted by Crippen LogP contribution is 2.32. The molecular weight excluding hydrogens is 292 g/mol. The van der Waals surface area contributed by atoms with E-state index in [9.17, 15) is 4.79 Å². The number of hydrogen-bond acceptors (Lipinski definition) is 3. The fraction of sp³-hybridized carbons (Fsp3) is 0.333. The van der Waals surface area contributed by atoms with Gasteiger partial charge in [0.25, 0.3) is 5.91 Å². The normalized spacial score (nSPS) is 14.4. The van der Waals surface area contributed by atoms with Crippen molar-refractivity contribution < 1.29 is 4.79 Å². The number of likely N-dealkylation sites (tertiary alicyclic amines) is 1. The van der Waals surface area contributed by atoms with Gasteiger partial charge in [-0.25, -0.2) is 4.98 Å². The molecule has 114 valence electrons. The fourth-order valence-corrected chi connectivity index (χ4v) is 3.71. The van der Waals surface area contributed by atoms with E-state index < -0.39 is 0 Å². The molecule has 1 saturated heterocycles. The summed E-state index contributed by atoms with van der Waals surface area (Å²) in [6.07, 6.45) is 3.96. The van der Waals surface area contributed by atoms with E-state index in [1.165, 1.54) is 11.1 Å². The van der Waals surface area contributed by atoms with Crippen molar-refractivity contribution in [3.63, 3.8) is 0 Å². The summed E-state index contributed by atoms with van der Waals surface area (Å²) in [6.45, 7) is 5.90. The SMILES string of the molecule is Cc1ccc(C)c(Sc2ncccc2C(=O)N2CCCC2)c1. The number of carbonyl (C=O) groups excluding carboxylic acids is 1. The zero-order chi connectivity index (χ0) is 15.5. The van der Waals surface area contributed by atoms with Gasteiger partial charge in [0.15, 0.2) is 0 Å². The van der Waals surface area contributed by atoms with Crippen molar-refractivity contribution in [2.75, 3.05) is 13.1 Å². The number of carbonyl (C=O) groups is 1. The Morgan fingerprint density at radius 2 is 1.95 bits per heavy atom. The molecule has 0 saturated carbocycles. The van der Waals surface area contributed by atoms with E-state index in [4.69, 9.17) is 0 Å². The minimum Gasteiger partial charge on any atom is -0.339 e. The molecule has 0 aliphatic carbocycles. The molecule has 0 spiro atoms. The number of amides is 1. The van der Waals surface area contributed by atoms with Crippen LogP contribution in [0.2, 0.25) is 0 Å². The van der Waals surface area contributed by atoms with Crippen LogP contribution in [0.15, 0.2) is 46.5 Å². The maximum Gasteiger partial charge on any atom is 0.256 e. The molecule has 1 aromatic carbocycles. The average molecular weight is 312 g/mol. The summed E-state index contributed by atoms with van der Waals surface area (Å²) in [6, 6.07) is 10.1. The predicted molar refractivity (Wildman–Crippen MR) is 89.4 cm³/mol. The van der Waals surface area contributed by atoms with Crippen molar-refractivity contribution in [3.8, 4) is 0 Å². The van der Waals surface area contributed by atoms with Gasteiger partial charge in [-0.15, -0.1) is 0 Å². The lowest BCUT2D eigenvalue weighted by atomic mass is 10.2. The Hall–Kier alpha value is -1.81. The number of aryl methyl sites for hydroxylation is 2. The Labute approximate surface area is 135 Å². The number of pyridine rings is 1. The number of nitrogens with zero attached hydrogens (tertiary/aromatic N) is 2. The first kappa shape index (κ1) is 15.1. The molecule has 1 aliphatic heterocycles. The molecule has 22 heavy (non-hydrogen) atoms. The molecule has 3 rings (SSSR count). The van der Waals surface area contributed by atoms with E-state index in [2.05, 4.69) is 37.0 Å². The lowest BCUT2D eigenvalue weighted by Gasteiger charge is -2.17. The van der Waals surface area contributed by atoms with Gasteiger partial charge in [0, 0.05) is 24.2 Å². The van der Waals surface area contributed by atoms with Gasteiger partial charge < -0.3 is 4.90 Å². The summed E-state index contributed by atoms with van der Waals surface area (Å²) < 4.78 is 0. The van der Waals surface area contributed by atoms with Crippen LogP contribution in [0.1, 0.15) is 34.3 Å². The van der Waals surface area contributed by atoms with Gasteiger partial charge in [-0.1, -0.05) is 23.9 Å². The first-order valence-corrected chi connectivity index (χ1v) is 8.46. The van der Waals surface area contributed by atoms with E-state index >= 15 is 0 Å². The molecule has 2 heterocycles. The zero-order valence-electron chi connectivity index (χ0n) is 13.0. The van der Waals surface area contributed by atoms with E-state index in [0.29, 0.717) is 0 Å². The van der Waals surface area contributed by atoms with E-state index in [0.717, 1.165) is 41.4 Å². The second kappa shape index (κ2) is 6.53. The first-order chi connectivity index (χ1) is 10.6. The third kappa shape index (κ3) is 3.17. The van der Waals surface area contributed by atoms with E-state index in [1.54, 1.807) is 18.0 Å². The fourth-order valence-electron chi connectivity index (χ4n) is 2.65. The van der Waals surface area contributed by atoms with Gasteiger partial charge in [0.1, 0.15) is 5.03 Å². The van der Waals surface area contributed by atoms with Crippen LogP contribution in [0.25, 0.3) is 0 Å².